The second-order valence-corrected chi connectivity index (χ2v) is 4.74. The lowest BCUT2D eigenvalue weighted by Gasteiger charge is -2.25. The van der Waals surface area contributed by atoms with Crippen molar-refractivity contribution in [1.82, 2.24) is 5.32 Å². The van der Waals surface area contributed by atoms with Gasteiger partial charge in [0.05, 0.1) is 0 Å². The monoisotopic (exact) mass is 232 g/mol. The molecule has 1 amide bonds. The molecular formula is C14H20N2O. The van der Waals surface area contributed by atoms with Crippen molar-refractivity contribution in [3.8, 4) is 0 Å². The van der Waals surface area contributed by atoms with Crippen LogP contribution >= 0.6 is 0 Å². The summed E-state index contributed by atoms with van der Waals surface area (Å²) in [5, 5.41) is 2.99. The van der Waals surface area contributed by atoms with Crippen LogP contribution in [-0.4, -0.2) is 19.0 Å². The number of amides is 1. The molecular weight excluding hydrogens is 212 g/mol. The van der Waals surface area contributed by atoms with Crippen LogP contribution in [0.15, 0.2) is 24.3 Å². The highest BCUT2D eigenvalue weighted by Crippen LogP contribution is 2.25. The average Bonchev–Trinajstić information content (AvgIpc) is 2.28. The summed E-state index contributed by atoms with van der Waals surface area (Å²) in [6, 6.07) is 7.71. The second kappa shape index (κ2) is 5.82. The van der Waals surface area contributed by atoms with Gasteiger partial charge in [-0.2, -0.15) is 0 Å². The first-order valence-corrected chi connectivity index (χ1v) is 6.37. The molecule has 1 aromatic rings. The molecule has 0 atom stereocenters. The number of nitrogens with two attached hydrogens (primary N) is 1. The zero-order chi connectivity index (χ0) is 12.1. The molecule has 0 heterocycles. The van der Waals surface area contributed by atoms with Gasteiger partial charge in [-0.1, -0.05) is 18.6 Å². The molecule has 1 aromatic carbocycles. The predicted octanol–water partition coefficient (Wildman–Crippen LogP) is 1.72. The molecule has 1 aliphatic carbocycles. The van der Waals surface area contributed by atoms with Crippen molar-refractivity contribution in [2.24, 2.45) is 11.7 Å². The van der Waals surface area contributed by atoms with Crippen LogP contribution in [-0.2, 0) is 6.42 Å². The largest absolute Gasteiger partial charge is 0.352 e. The number of carbonyl (C=O) groups is 1. The summed E-state index contributed by atoms with van der Waals surface area (Å²) in [6.07, 6.45) is 4.70. The number of nitrogens with one attached hydrogen (secondary N) is 1. The van der Waals surface area contributed by atoms with E-state index < -0.39 is 0 Å². The van der Waals surface area contributed by atoms with Gasteiger partial charge in [-0.05, 0) is 49.4 Å². The molecule has 1 aliphatic rings. The van der Waals surface area contributed by atoms with E-state index in [1.165, 1.54) is 24.8 Å². The van der Waals surface area contributed by atoms with Crippen LogP contribution in [0.4, 0.5) is 0 Å². The molecule has 0 aromatic heterocycles. The van der Waals surface area contributed by atoms with Crippen molar-refractivity contribution >= 4 is 5.91 Å². The van der Waals surface area contributed by atoms with Gasteiger partial charge in [0.2, 0.25) is 0 Å². The molecule has 0 unspecified atom stereocenters. The van der Waals surface area contributed by atoms with E-state index in [1.807, 2.05) is 24.3 Å². The molecule has 3 nitrogen and oxygen atoms in total. The van der Waals surface area contributed by atoms with Gasteiger partial charge in [0.15, 0.2) is 0 Å². The number of benzene rings is 1. The third kappa shape index (κ3) is 3.30. The summed E-state index contributed by atoms with van der Waals surface area (Å²) in [5.74, 6) is 0.742. The maximum absolute atomic E-state index is 11.8. The van der Waals surface area contributed by atoms with Gasteiger partial charge in [-0.15, -0.1) is 0 Å². The van der Waals surface area contributed by atoms with Gasteiger partial charge in [-0.3, -0.25) is 4.79 Å². The quantitative estimate of drug-likeness (QED) is 0.812. The molecule has 0 aliphatic heterocycles. The summed E-state index contributed by atoms with van der Waals surface area (Å²) in [7, 11) is 0. The topological polar surface area (TPSA) is 55.1 Å². The van der Waals surface area contributed by atoms with Crippen molar-refractivity contribution in [2.75, 3.05) is 13.1 Å². The Kier molecular flexibility index (Phi) is 4.15. The average molecular weight is 232 g/mol. The lowest BCUT2D eigenvalue weighted by molar-refractivity contribution is 0.0939. The summed E-state index contributed by atoms with van der Waals surface area (Å²) in [6.45, 7) is 1.47. The van der Waals surface area contributed by atoms with Crippen molar-refractivity contribution in [1.29, 1.82) is 0 Å². The molecule has 1 saturated carbocycles. The van der Waals surface area contributed by atoms with Crippen LogP contribution in [0, 0.1) is 5.92 Å². The van der Waals surface area contributed by atoms with Gasteiger partial charge < -0.3 is 11.1 Å². The molecule has 2 rings (SSSR count). The van der Waals surface area contributed by atoms with E-state index in [0.717, 1.165) is 18.5 Å². The Morgan fingerprint density at radius 1 is 1.29 bits per heavy atom. The lowest BCUT2D eigenvalue weighted by atomic mass is 9.85. The Bertz CT molecular complexity index is 368. The van der Waals surface area contributed by atoms with Crippen LogP contribution in [0.2, 0.25) is 0 Å². The van der Waals surface area contributed by atoms with Crippen molar-refractivity contribution in [2.45, 2.75) is 25.7 Å². The molecule has 0 bridgehead atoms. The molecule has 3 heteroatoms. The van der Waals surface area contributed by atoms with Crippen LogP contribution in [0.1, 0.15) is 35.2 Å². The summed E-state index contributed by atoms with van der Waals surface area (Å²) < 4.78 is 0. The van der Waals surface area contributed by atoms with E-state index in [-0.39, 0.29) is 5.91 Å². The minimum Gasteiger partial charge on any atom is -0.352 e. The first-order valence-electron chi connectivity index (χ1n) is 6.37. The van der Waals surface area contributed by atoms with Gasteiger partial charge >= 0.3 is 0 Å². The molecule has 0 saturated heterocycles. The smallest absolute Gasteiger partial charge is 0.251 e. The number of hydrogen-bond donors (Lipinski definition) is 2. The zero-order valence-electron chi connectivity index (χ0n) is 10.1. The highest BCUT2D eigenvalue weighted by molar-refractivity contribution is 5.94. The maximum atomic E-state index is 11.8. The third-order valence-corrected chi connectivity index (χ3v) is 3.43. The van der Waals surface area contributed by atoms with Gasteiger partial charge in [0, 0.05) is 12.1 Å². The van der Waals surface area contributed by atoms with E-state index in [4.69, 9.17) is 5.73 Å². The van der Waals surface area contributed by atoms with Gasteiger partial charge in [-0.25, -0.2) is 0 Å². The van der Waals surface area contributed by atoms with Crippen molar-refractivity contribution in [3.63, 3.8) is 0 Å². The Morgan fingerprint density at radius 3 is 2.53 bits per heavy atom. The summed E-state index contributed by atoms with van der Waals surface area (Å²) in [5.41, 5.74) is 7.41. The summed E-state index contributed by atoms with van der Waals surface area (Å²) >= 11 is 0. The summed E-state index contributed by atoms with van der Waals surface area (Å²) in [4.78, 5) is 11.8. The molecule has 0 spiro atoms. The van der Waals surface area contributed by atoms with Crippen molar-refractivity contribution in [3.05, 3.63) is 35.4 Å². The first kappa shape index (κ1) is 12.1. The number of rotatable bonds is 5. The van der Waals surface area contributed by atoms with Crippen molar-refractivity contribution < 1.29 is 4.79 Å². The Labute approximate surface area is 102 Å². The van der Waals surface area contributed by atoms with E-state index in [9.17, 15) is 4.79 Å². The fourth-order valence-corrected chi connectivity index (χ4v) is 2.03. The van der Waals surface area contributed by atoms with Crippen LogP contribution in [0.25, 0.3) is 0 Å². The Morgan fingerprint density at radius 2 is 2.00 bits per heavy atom. The maximum Gasteiger partial charge on any atom is 0.251 e. The molecule has 92 valence electrons. The lowest BCUT2D eigenvalue weighted by Crippen LogP contribution is -2.32. The van der Waals surface area contributed by atoms with E-state index in [2.05, 4.69) is 5.32 Å². The molecule has 1 fully saturated rings. The highest BCUT2D eigenvalue weighted by atomic mass is 16.1. The van der Waals surface area contributed by atoms with Gasteiger partial charge in [0.25, 0.3) is 5.91 Å². The number of carbonyl (C=O) groups excluding carboxylic acids is 1. The second-order valence-electron chi connectivity index (χ2n) is 4.74. The van der Waals surface area contributed by atoms with E-state index in [0.29, 0.717) is 12.5 Å². The van der Waals surface area contributed by atoms with E-state index >= 15 is 0 Å². The minimum atomic E-state index is 0.0381. The fraction of sp³-hybridized carbons (Fsp3) is 0.500. The first-order chi connectivity index (χ1) is 8.29. The van der Waals surface area contributed by atoms with E-state index in [1.54, 1.807) is 0 Å². The minimum absolute atomic E-state index is 0.0381. The zero-order valence-corrected chi connectivity index (χ0v) is 10.1. The standard InChI is InChI=1S/C14H20N2O/c15-9-8-11-4-6-13(7-5-11)14(17)16-10-12-2-1-3-12/h4-7,12H,1-3,8-10,15H2,(H,16,17). The normalized spacial score (nSPS) is 15.4. The molecule has 17 heavy (non-hydrogen) atoms. The Balaban J connectivity index is 1.84. The molecule has 3 N–H and O–H groups in total. The van der Waals surface area contributed by atoms with Crippen LogP contribution < -0.4 is 11.1 Å². The molecule has 0 radical (unpaired) electrons. The fourth-order valence-electron chi connectivity index (χ4n) is 2.03. The van der Waals surface area contributed by atoms with Crippen LogP contribution in [0.5, 0.6) is 0 Å². The highest BCUT2D eigenvalue weighted by Gasteiger charge is 2.18. The third-order valence-electron chi connectivity index (χ3n) is 3.43. The number of hydrogen-bond acceptors (Lipinski definition) is 2. The predicted molar refractivity (Wildman–Crippen MR) is 68.9 cm³/mol. The SMILES string of the molecule is NCCc1ccc(C(=O)NCC2CCC2)cc1. The Hall–Kier alpha value is -1.35. The van der Waals surface area contributed by atoms with Crippen LogP contribution in [0.3, 0.4) is 0 Å². The van der Waals surface area contributed by atoms with Gasteiger partial charge in [0.1, 0.15) is 0 Å².